The molecule has 0 spiro atoms. The van der Waals surface area contributed by atoms with E-state index in [0.29, 0.717) is 12.5 Å². The van der Waals surface area contributed by atoms with Crippen molar-refractivity contribution >= 4 is 11.6 Å². The molecule has 2 rings (SSSR count). The standard InChI is InChI=1S/C15H21NO2/c1-10(2)11(3)15(18)16-9-5-7-12-6-4-8-13(17)14(12)16/h4,6,8,10-11,17H,5,7,9H2,1-3H3. The van der Waals surface area contributed by atoms with E-state index < -0.39 is 0 Å². The molecule has 3 nitrogen and oxygen atoms in total. The van der Waals surface area contributed by atoms with Crippen molar-refractivity contribution in [2.75, 3.05) is 11.4 Å². The Hall–Kier alpha value is -1.51. The first kappa shape index (κ1) is 12.9. The first-order valence-corrected chi connectivity index (χ1v) is 6.64. The minimum atomic E-state index is -0.0180. The average Bonchev–Trinajstić information content (AvgIpc) is 2.36. The number of carbonyl (C=O) groups excluding carboxylic acids is 1. The number of anilines is 1. The molecule has 1 aromatic rings. The third-order valence-electron chi connectivity index (χ3n) is 3.85. The largest absolute Gasteiger partial charge is 0.506 e. The fourth-order valence-corrected chi connectivity index (χ4v) is 2.38. The normalized spacial score (nSPS) is 16.6. The van der Waals surface area contributed by atoms with Crippen LogP contribution in [0.1, 0.15) is 32.8 Å². The van der Waals surface area contributed by atoms with E-state index in [9.17, 15) is 9.90 Å². The maximum atomic E-state index is 12.5. The molecule has 1 unspecified atom stereocenters. The number of fused-ring (bicyclic) bond motifs is 1. The molecule has 1 heterocycles. The molecule has 0 saturated carbocycles. The highest BCUT2D eigenvalue weighted by molar-refractivity contribution is 5.97. The minimum absolute atomic E-state index is 0.0180. The molecule has 0 aliphatic carbocycles. The Morgan fingerprint density at radius 2 is 2.06 bits per heavy atom. The molecule has 0 bridgehead atoms. The molecule has 1 aliphatic heterocycles. The van der Waals surface area contributed by atoms with Gasteiger partial charge in [0.2, 0.25) is 5.91 Å². The SMILES string of the molecule is CC(C)C(C)C(=O)N1CCCc2cccc(O)c21. The van der Waals surface area contributed by atoms with E-state index in [-0.39, 0.29) is 17.6 Å². The average molecular weight is 247 g/mol. The van der Waals surface area contributed by atoms with Crippen LogP contribution >= 0.6 is 0 Å². The first-order valence-electron chi connectivity index (χ1n) is 6.64. The summed E-state index contributed by atoms with van der Waals surface area (Å²) in [7, 11) is 0. The lowest BCUT2D eigenvalue weighted by Crippen LogP contribution is -2.40. The highest BCUT2D eigenvalue weighted by Crippen LogP contribution is 2.36. The maximum absolute atomic E-state index is 12.5. The fraction of sp³-hybridized carbons (Fsp3) is 0.533. The third-order valence-corrected chi connectivity index (χ3v) is 3.85. The summed E-state index contributed by atoms with van der Waals surface area (Å²) in [5.74, 6) is 0.633. The number of nitrogens with zero attached hydrogens (tertiary/aromatic N) is 1. The minimum Gasteiger partial charge on any atom is -0.506 e. The summed E-state index contributed by atoms with van der Waals surface area (Å²) in [4.78, 5) is 14.2. The number of carbonyl (C=O) groups is 1. The van der Waals surface area contributed by atoms with Crippen LogP contribution in [-0.2, 0) is 11.2 Å². The number of benzene rings is 1. The number of phenolic OH excluding ortho intramolecular Hbond substituents is 1. The van der Waals surface area contributed by atoms with Crippen LogP contribution in [0.5, 0.6) is 5.75 Å². The van der Waals surface area contributed by atoms with Crippen molar-refractivity contribution in [2.45, 2.75) is 33.6 Å². The first-order chi connectivity index (χ1) is 8.52. The lowest BCUT2D eigenvalue weighted by molar-refractivity contribution is -0.123. The molecule has 18 heavy (non-hydrogen) atoms. The van der Waals surface area contributed by atoms with Gasteiger partial charge < -0.3 is 10.0 Å². The molecule has 98 valence electrons. The molecular weight excluding hydrogens is 226 g/mol. The summed E-state index contributed by atoms with van der Waals surface area (Å²) in [6.45, 7) is 6.78. The second kappa shape index (κ2) is 5.01. The van der Waals surface area contributed by atoms with Crippen LogP contribution in [0.3, 0.4) is 0 Å². The van der Waals surface area contributed by atoms with Crippen LogP contribution in [0, 0.1) is 11.8 Å². The van der Waals surface area contributed by atoms with E-state index in [4.69, 9.17) is 0 Å². The number of phenols is 1. The predicted molar refractivity (Wildman–Crippen MR) is 72.8 cm³/mol. The van der Waals surface area contributed by atoms with Gasteiger partial charge in [0.15, 0.2) is 0 Å². The van der Waals surface area contributed by atoms with Crippen molar-refractivity contribution in [3.8, 4) is 5.75 Å². The van der Waals surface area contributed by atoms with E-state index in [0.717, 1.165) is 24.1 Å². The van der Waals surface area contributed by atoms with E-state index in [1.54, 1.807) is 11.0 Å². The number of amides is 1. The zero-order valence-corrected chi connectivity index (χ0v) is 11.3. The van der Waals surface area contributed by atoms with Crippen LogP contribution in [0.25, 0.3) is 0 Å². The topological polar surface area (TPSA) is 40.5 Å². The quantitative estimate of drug-likeness (QED) is 0.872. The van der Waals surface area contributed by atoms with Crippen LogP contribution in [0.2, 0.25) is 0 Å². The van der Waals surface area contributed by atoms with E-state index in [1.165, 1.54) is 0 Å². The smallest absolute Gasteiger partial charge is 0.230 e. The Morgan fingerprint density at radius 3 is 2.72 bits per heavy atom. The molecule has 0 aromatic heterocycles. The number of para-hydroxylation sites is 1. The molecule has 3 heteroatoms. The van der Waals surface area contributed by atoms with Crippen molar-refractivity contribution in [1.82, 2.24) is 0 Å². The highest BCUT2D eigenvalue weighted by Gasteiger charge is 2.29. The molecule has 1 amide bonds. The Morgan fingerprint density at radius 1 is 1.33 bits per heavy atom. The molecule has 1 aliphatic rings. The van der Waals surface area contributed by atoms with E-state index >= 15 is 0 Å². The van der Waals surface area contributed by atoms with Crippen molar-refractivity contribution in [3.63, 3.8) is 0 Å². The van der Waals surface area contributed by atoms with Gasteiger partial charge in [-0.05, 0) is 30.4 Å². The molecule has 1 atom stereocenters. The molecule has 1 N–H and O–H groups in total. The van der Waals surface area contributed by atoms with Gasteiger partial charge in [0.25, 0.3) is 0 Å². The lowest BCUT2D eigenvalue weighted by atomic mass is 9.94. The van der Waals surface area contributed by atoms with Gasteiger partial charge >= 0.3 is 0 Å². The molecule has 0 saturated heterocycles. The van der Waals surface area contributed by atoms with Crippen molar-refractivity contribution in [1.29, 1.82) is 0 Å². The van der Waals surface area contributed by atoms with Gasteiger partial charge in [-0.2, -0.15) is 0 Å². The van der Waals surface area contributed by atoms with Crippen molar-refractivity contribution < 1.29 is 9.90 Å². The van der Waals surface area contributed by atoms with Crippen molar-refractivity contribution in [3.05, 3.63) is 23.8 Å². The molecule has 0 radical (unpaired) electrons. The fourth-order valence-electron chi connectivity index (χ4n) is 2.38. The van der Waals surface area contributed by atoms with Crippen LogP contribution in [-0.4, -0.2) is 17.6 Å². The van der Waals surface area contributed by atoms with Gasteiger partial charge in [-0.25, -0.2) is 0 Å². The van der Waals surface area contributed by atoms with Gasteiger partial charge in [-0.15, -0.1) is 0 Å². The van der Waals surface area contributed by atoms with Gasteiger partial charge in [0, 0.05) is 12.5 Å². The lowest BCUT2D eigenvalue weighted by Gasteiger charge is -2.32. The second-order valence-electron chi connectivity index (χ2n) is 5.41. The second-order valence-corrected chi connectivity index (χ2v) is 5.41. The summed E-state index contributed by atoms with van der Waals surface area (Å²) in [5, 5.41) is 10.0. The van der Waals surface area contributed by atoms with Crippen molar-refractivity contribution in [2.24, 2.45) is 11.8 Å². The molecule has 1 aromatic carbocycles. The van der Waals surface area contributed by atoms with E-state index in [2.05, 4.69) is 13.8 Å². The van der Waals surface area contributed by atoms with Gasteiger partial charge in [-0.3, -0.25) is 4.79 Å². The number of hydrogen-bond donors (Lipinski definition) is 1. The summed E-state index contributed by atoms with van der Waals surface area (Å²) in [6.07, 6.45) is 1.90. The third kappa shape index (κ3) is 2.22. The van der Waals surface area contributed by atoms with Gasteiger partial charge in [0.1, 0.15) is 5.75 Å². The molecule has 0 fully saturated rings. The number of aryl methyl sites for hydroxylation is 1. The van der Waals surface area contributed by atoms with Crippen LogP contribution < -0.4 is 4.90 Å². The summed E-state index contributed by atoms with van der Waals surface area (Å²) < 4.78 is 0. The Balaban J connectivity index is 2.36. The number of rotatable bonds is 2. The van der Waals surface area contributed by atoms with Gasteiger partial charge in [-0.1, -0.05) is 32.9 Å². The van der Waals surface area contributed by atoms with Crippen LogP contribution in [0.4, 0.5) is 5.69 Å². The number of aromatic hydroxyl groups is 1. The zero-order valence-electron chi connectivity index (χ0n) is 11.3. The van der Waals surface area contributed by atoms with Crippen LogP contribution in [0.15, 0.2) is 18.2 Å². The maximum Gasteiger partial charge on any atom is 0.230 e. The highest BCUT2D eigenvalue weighted by atomic mass is 16.3. The van der Waals surface area contributed by atoms with E-state index in [1.807, 2.05) is 19.1 Å². The monoisotopic (exact) mass is 247 g/mol. The molecular formula is C15H21NO2. The van der Waals surface area contributed by atoms with Gasteiger partial charge in [0.05, 0.1) is 5.69 Å². The summed E-state index contributed by atoms with van der Waals surface area (Å²) in [6, 6.07) is 5.49. The summed E-state index contributed by atoms with van der Waals surface area (Å²) in [5.41, 5.74) is 1.80. The number of hydrogen-bond acceptors (Lipinski definition) is 2. The summed E-state index contributed by atoms with van der Waals surface area (Å²) >= 11 is 0. The zero-order chi connectivity index (χ0) is 13.3. The predicted octanol–water partition coefficient (Wildman–Crippen LogP) is 2.96. The Bertz CT molecular complexity index is 454. The Kier molecular flexibility index (Phi) is 3.60. The Labute approximate surface area is 108 Å².